The fraction of sp³-hybridized carbons (Fsp3) is 0.962. The Morgan fingerprint density at radius 2 is 1.77 bits per heavy atom. The molecule has 4 rings (SSSR count). The molecule has 5 atom stereocenters. The Kier molecular flexibility index (Phi) is 9.43. The summed E-state index contributed by atoms with van der Waals surface area (Å²) >= 11 is 0. The van der Waals surface area contributed by atoms with Gasteiger partial charge in [-0.25, -0.2) is 4.39 Å². The highest BCUT2D eigenvalue weighted by atomic mass is 19.1. The van der Waals surface area contributed by atoms with Gasteiger partial charge in [-0.15, -0.1) is 0 Å². The van der Waals surface area contributed by atoms with Gasteiger partial charge in [0.05, 0.1) is 18.1 Å². The number of carbonyl (C=O) groups is 1. The average Bonchev–Trinajstić information content (AvgIpc) is 3.29. The summed E-state index contributed by atoms with van der Waals surface area (Å²) in [7, 11) is 0. The van der Waals surface area contributed by atoms with Gasteiger partial charge in [-0.3, -0.25) is 14.6 Å². The molecule has 1 saturated carbocycles. The van der Waals surface area contributed by atoms with Crippen LogP contribution in [-0.4, -0.2) is 98.0 Å². The number of hydrogen-bond acceptors (Lipinski definition) is 7. The lowest BCUT2D eigenvalue weighted by molar-refractivity contribution is -0.128. The number of piperazine rings is 1. The largest absolute Gasteiger partial charge is 0.350 e. The van der Waals surface area contributed by atoms with E-state index in [1.807, 2.05) is 0 Å². The summed E-state index contributed by atoms with van der Waals surface area (Å²) in [5, 5.41) is 10.2. The number of carbonyl (C=O) groups excluding carboxylic acids is 1. The van der Waals surface area contributed by atoms with E-state index in [1.54, 1.807) is 0 Å². The highest BCUT2D eigenvalue weighted by molar-refractivity contribution is 5.80. The first-order chi connectivity index (χ1) is 16.8. The molecule has 202 valence electrons. The Morgan fingerprint density at radius 1 is 1.06 bits per heavy atom. The molecule has 3 aliphatic heterocycles. The van der Waals surface area contributed by atoms with Crippen molar-refractivity contribution in [1.29, 1.82) is 0 Å². The molecular formula is C26H50FN7O. The number of alkyl halides is 1. The van der Waals surface area contributed by atoms with Gasteiger partial charge in [0.25, 0.3) is 0 Å². The normalized spacial score (nSPS) is 34.1. The quantitative estimate of drug-likeness (QED) is 0.346. The van der Waals surface area contributed by atoms with Crippen molar-refractivity contribution in [2.24, 2.45) is 22.8 Å². The number of amides is 1. The zero-order valence-electron chi connectivity index (χ0n) is 22.0. The van der Waals surface area contributed by atoms with Crippen LogP contribution in [0.4, 0.5) is 4.39 Å². The molecule has 9 heteroatoms. The molecule has 1 amide bonds. The lowest BCUT2D eigenvalue weighted by Crippen LogP contribution is -2.65. The molecule has 1 aliphatic carbocycles. The third-order valence-electron chi connectivity index (χ3n) is 9.38. The van der Waals surface area contributed by atoms with Crippen molar-refractivity contribution < 1.29 is 9.18 Å². The van der Waals surface area contributed by atoms with Gasteiger partial charge in [0.2, 0.25) is 5.91 Å². The maximum atomic E-state index is 14.6. The van der Waals surface area contributed by atoms with Crippen LogP contribution >= 0.6 is 0 Å². The minimum Gasteiger partial charge on any atom is -0.350 e. The van der Waals surface area contributed by atoms with Gasteiger partial charge in [-0.1, -0.05) is 12.8 Å². The summed E-state index contributed by atoms with van der Waals surface area (Å²) in [5.74, 6) is -0.653. The van der Waals surface area contributed by atoms with Crippen LogP contribution in [0.3, 0.4) is 0 Å². The van der Waals surface area contributed by atoms with Gasteiger partial charge in [0.1, 0.15) is 6.17 Å². The maximum absolute atomic E-state index is 14.6. The SMILES string of the molecule is CC(C)N1CCN(C2CCNCC2NC(=O)C(C(N)N)C2CC3(CCCC3)CCC(F)CN2)CC1. The molecule has 5 unspecified atom stereocenters. The van der Waals surface area contributed by atoms with Gasteiger partial charge in [-0.2, -0.15) is 0 Å². The lowest BCUT2D eigenvalue weighted by Gasteiger charge is -2.46. The summed E-state index contributed by atoms with van der Waals surface area (Å²) in [5.41, 5.74) is 12.6. The van der Waals surface area contributed by atoms with E-state index in [9.17, 15) is 9.18 Å². The van der Waals surface area contributed by atoms with Crippen LogP contribution in [-0.2, 0) is 4.79 Å². The Bertz CT molecular complexity index is 679. The van der Waals surface area contributed by atoms with Gasteiger partial charge >= 0.3 is 0 Å². The van der Waals surface area contributed by atoms with E-state index in [-0.39, 0.29) is 30.0 Å². The minimum absolute atomic E-state index is 0.0195. The van der Waals surface area contributed by atoms with E-state index < -0.39 is 18.3 Å². The van der Waals surface area contributed by atoms with Crippen molar-refractivity contribution in [3.63, 3.8) is 0 Å². The molecule has 0 aromatic heterocycles. The van der Waals surface area contributed by atoms with Crippen molar-refractivity contribution in [2.75, 3.05) is 45.8 Å². The summed E-state index contributed by atoms with van der Waals surface area (Å²) in [4.78, 5) is 18.8. The zero-order valence-corrected chi connectivity index (χ0v) is 22.0. The molecule has 3 heterocycles. The Balaban J connectivity index is 1.44. The number of piperidine rings is 1. The van der Waals surface area contributed by atoms with E-state index in [4.69, 9.17) is 11.5 Å². The molecule has 3 saturated heterocycles. The van der Waals surface area contributed by atoms with Crippen molar-refractivity contribution in [3.8, 4) is 0 Å². The Hall–Kier alpha value is -0.840. The number of nitrogens with zero attached hydrogens (tertiary/aromatic N) is 2. The van der Waals surface area contributed by atoms with Gasteiger partial charge in [0.15, 0.2) is 0 Å². The van der Waals surface area contributed by atoms with E-state index in [2.05, 4.69) is 39.6 Å². The molecule has 0 bridgehead atoms. The van der Waals surface area contributed by atoms with Crippen LogP contribution in [0.2, 0.25) is 0 Å². The van der Waals surface area contributed by atoms with E-state index in [1.165, 1.54) is 12.8 Å². The Morgan fingerprint density at radius 3 is 2.43 bits per heavy atom. The summed E-state index contributed by atoms with van der Waals surface area (Å²) in [6.45, 7) is 10.7. The van der Waals surface area contributed by atoms with Crippen LogP contribution in [0.1, 0.15) is 65.2 Å². The third kappa shape index (κ3) is 6.73. The number of hydrogen-bond donors (Lipinski definition) is 5. The second-order valence-electron chi connectivity index (χ2n) is 12.0. The highest BCUT2D eigenvalue weighted by Gasteiger charge is 2.44. The first-order valence-corrected chi connectivity index (χ1v) is 14.2. The average molecular weight is 496 g/mol. The summed E-state index contributed by atoms with van der Waals surface area (Å²) < 4.78 is 14.6. The maximum Gasteiger partial charge on any atom is 0.227 e. The van der Waals surface area contributed by atoms with Crippen molar-refractivity contribution in [2.45, 2.75) is 102 Å². The van der Waals surface area contributed by atoms with Gasteiger partial charge < -0.3 is 27.4 Å². The zero-order chi connectivity index (χ0) is 25.0. The van der Waals surface area contributed by atoms with E-state index in [0.29, 0.717) is 18.5 Å². The van der Waals surface area contributed by atoms with Crippen LogP contribution in [0, 0.1) is 11.3 Å². The molecule has 7 N–H and O–H groups in total. The standard InChI is InChI=1S/C26H50FN7O/c1-18(2)33-11-13-34(14-12-33)22-6-10-30-17-21(22)32-25(35)23(24(28)29)20-15-26(7-3-4-8-26)9-5-19(27)16-31-20/h18-24,30-31H,3-17,28-29H2,1-2H3,(H,32,35). The molecule has 35 heavy (non-hydrogen) atoms. The molecule has 4 aliphatic rings. The number of rotatable bonds is 6. The van der Waals surface area contributed by atoms with Crippen molar-refractivity contribution in [1.82, 2.24) is 25.8 Å². The highest BCUT2D eigenvalue weighted by Crippen LogP contribution is 2.47. The number of halogens is 1. The molecule has 8 nitrogen and oxygen atoms in total. The van der Waals surface area contributed by atoms with Crippen molar-refractivity contribution in [3.05, 3.63) is 0 Å². The number of nitrogens with two attached hydrogens (primary N) is 2. The van der Waals surface area contributed by atoms with Crippen LogP contribution in [0.25, 0.3) is 0 Å². The van der Waals surface area contributed by atoms with Gasteiger partial charge in [-0.05, 0) is 64.3 Å². The number of nitrogens with one attached hydrogen (secondary N) is 3. The summed E-state index contributed by atoms with van der Waals surface area (Å²) in [6.07, 6.45) is 6.31. The monoisotopic (exact) mass is 495 g/mol. The second kappa shape index (κ2) is 12.1. The second-order valence-corrected chi connectivity index (χ2v) is 12.0. The predicted molar refractivity (Wildman–Crippen MR) is 139 cm³/mol. The topological polar surface area (TPSA) is 112 Å². The first-order valence-electron chi connectivity index (χ1n) is 14.2. The van der Waals surface area contributed by atoms with E-state index in [0.717, 1.165) is 71.4 Å². The van der Waals surface area contributed by atoms with Crippen LogP contribution in [0.15, 0.2) is 0 Å². The predicted octanol–water partition coefficient (Wildman–Crippen LogP) is 0.759. The van der Waals surface area contributed by atoms with E-state index >= 15 is 0 Å². The molecule has 4 fully saturated rings. The molecule has 0 aromatic rings. The van der Waals surface area contributed by atoms with Crippen molar-refractivity contribution >= 4 is 5.91 Å². The Labute approximate surface area is 211 Å². The smallest absolute Gasteiger partial charge is 0.227 e. The fourth-order valence-corrected chi connectivity index (χ4v) is 7.24. The lowest BCUT2D eigenvalue weighted by atomic mass is 9.72. The summed E-state index contributed by atoms with van der Waals surface area (Å²) in [6, 6.07) is 0.698. The minimum atomic E-state index is -0.885. The van der Waals surface area contributed by atoms with Crippen LogP contribution < -0.4 is 27.4 Å². The molecular weight excluding hydrogens is 445 g/mol. The molecule has 0 radical (unpaired) electrons. The third-order valence-corrected chi connectivity index (χ3v) is 9.38. The van der Waals surface area contributed by atoms with Gasteiger partial charge in [0, 0.05) is 57.4 Å². The molecule has 0 aromatic carbocycles. The molecule has 1 spiro atoms. The first kappa shape index (κ1) is 27.2. The fourth-order valence-electron chi connectivity index (χ4n) is 7.24. The van der Waals surface area contributed by atoms with Crippen LogP contribution in [0.5, 0.6) is 0 Å².